The standard InChI is InChI=1S/C17H22N2O2/c1-3-12-7-9-13(10-8-12)16-18-17(21-19-16)14-5-4-6-15(20)11(14)2/h4-6,12-13,20H,3,7-10H2,1-2H3. The summed E-state index contributed by atoms with van der Waals surface area (Å²) in [5.74, 6) is 2.87. The molecule has 1 aromatic carbocycles. The highest BCUT2D eigenvalue weighted by molar-refractivity contribution is 5.61. The molecular weight excluding hydrogens is 264 g/mol. The molecule has 0 amide bonds. The smallest absolute Gasteiger partial charge is 0.258 e. The molecule has 1 aliphatic rings. The van der Waals surface area contributed by atoms with Crippen LogP contribution in [0.1, 0.15) is 56.3 Å². The van der Waals surface area contributed by atoms with Crippen LogP contribution in [0, 0.1) is 12.8 Å². The number of nitrogens with zero attached hydrogens (tertiary/aromatic N) is 2. The van der Waals surface area contributed by atoms with Crippen molar-refractivity contribution in [1.82, 2.24) is 10.1 Å². The van der Waals surface area contributed by atoms with Gasteiger partial charge in [-0.1, -0.05) is 24.6 Å². The number of aromatic nitrogens is 2. The molecule has 1 aromatic heterocycles. The number of hydrogen-bond acceptors (Lipinski definition) is 4. The van der Waals surface area contributed by atoms with Crippen molar-refractivity contribution in [3.05, 3.63) is 29.6 Å². The van der Waals surface area contributed by atoms with Crippen LogP contribution in [0.3, 0.4) is 0 Å². The van der Waals surface area contributed by atoms with Crippen molar-refractivity contribution in [2.75, 3.05) is 0 Å². The molecule has 1 aliphatic carbocycles. The maximum absolute atomic E-state index is 9.78. The zero-order chi connectivity index (χ0) is 14.8. The molecule has 112 valence electrons. The van der Waals surface area contributed by atoms with Crippen molar-refractivity contribution in [2.24, 2.45) is 5.92 Å². The fraction of sp³-hybridized carbons (Fsp3) is 0.529. The van der Waals surface area contributed by atoms with E-state index in [0.717, 1.165) is 35.7 Å². The fourth-order valence-corrected chi connectivity index (χ4v) is 3.19. The summed E-state index contributed by atoms with van der Waals surface area (Å²) in [7, 11) is 0. The van der Waals surface area contributed by atoms with Crippen molar-refractivity contribution >= 4 is 0 Å². The fourth-order valence-electron chi connectivity index (χ4n) is 3.19. The Morgan fingerprint density at radius 2 is 2.00 bits per heavy atom. The highest BCUT2D eigenvalue weighted by Gasteiger charge is 2.25. The van der Waals surface area contributed by atoms with Gasteiger partial charge in [0.1, 0.15) is 5.75 Å². The molecule has 4 heteroatoms. The first kappa shape index (κ1) is 14.1. The molecule has 2 aromatic rings. The van der Waals surface area contributed by atoms with Crippen LogP contribution in [0.25, 0.3) is 11.5 Å². The lowest BCUT2D eigenvalue weighted by Crippen LogP contribution is -2.13. The minimum absolute atomic E-state index is 0.260. The largest absolute Gasteiger partial charge is 0.508 e. The Labute approximate surface area is 125 Å². The second-order valence-corrected chi connectivity index (χ2v) is 6.03. The summed E-state index contributed by atoms with van der Waals surface area (Å²) in [5, 5.41) is 14.0. The lowest BCUT2D eigenvalue weighted by atomic mass is 9.80. The number of hydrogen-bond donors (Lipinski definition) is 1. The third kappa shape index (κ3) is 2.80. The second-order valence-electron chi connectivity index (χ2n) is 6.03. The van der Waals surface area contributed by atoms with Crippen LogP contribution in [0.5, 0.6) is 5.75 Å². The summed E-state index contributed by atoms with van der Waals surface area (Å²) in [6.45, 7) is 4.13. The van der Waals surface area contributed by atoms with Gasteiger partial charge in [-0.05, 0) is 50.7 Å². The van der Waals surface area contributed by atoms with Crippen LogP contribution < -0.4 is 0 Å². The van der Waals surface area contributed by atoms with E-state index in [0.29, 0.717) is 11.8 Å². The SMILES string of the molecule is CCC1CCC(c2noc(-c3cccc(O)c3C)n2)CC1. The molecule has 1 fully saturated rings. The van der Waals surface area contributed by atoms with E-state index >= 15 is 0 Å². The zero-order valence-corrected chi connectivity index (χ0v) is 12.7. The van der Waals surface area contributed by atoms with Crippen molar-refractivity contribution in [3.63, 3.8) is 0 Å². The van der Waals surface area contributed by atoms with E-state index in [4.69, 9.17) is 4.52 Å². The van der Waals surface area contributed by atoms with Crippen LogP contribution in [-0.4, -0.2) is 15.2 Å². The summed E-state index contributed by atoms with van der Waals surface area (Å²) < 4.78 is 5.42. The van der Waals surface area contributed by atoms with Crippen molar-refractivity contribution in [3.8, 4) is 17.2 Å². The Morgan fingerprint density at radius 1 is 1.24 bits per heavy atom. The van der Waals surface area contributed by atoms with Crippen LogP contribution in [0.15, 0.2) is 22.7 Å². The molecule has 0 saturated heterocycles. The first-order valence-corrected chi connectivity index (χ1v) is 7.81. The Bertz CT molecular complexity index is 613. The molecule has 0 aliphatic heterocycles. The van der Waals surface area contributed by atoms with E-state index in [1.165, 1.54) is 19.3 Å². The molecule has 0 radical (unpaired) electrons. The predicted molar refractivity (Wildman–Crippen MR) is 81.1 cm³/mol. The summed E-state index contributed by atoms with van der Waals surface area (Å²) in [6, 6.07) is 5.37. The molecule has 0 spiro atoms. The van der Waals surface area contributed by atoms with E-state index in [-0.39, 0.29) is 5.75 Å². The number of aromatic hydroxyl groups is 1. The highest BCUT2D eigenvalue weighted by Crippen LogP contribution is 2.37. The van der Waals surface area contributed by atoms with E-state index < -0.39 is 0 Å². The van der Waals surface area contributed by atoms with Gasteiger partial charge in [0, 0.05) is 17.0 Å². The van der Waals surface area contributed by atoms with E-state index in [9.17, 15) is 5.11 Å². The topological polar surface area (TPSA) is 59.2 Å². The number of benzene rings is 1. The number of phenolic OH excluding ortho intramolecular Hbond substituents is 1. The lowest BCUT2D eigenvalue weighted by Gasteiger charge is -2.25. The minimum atomic E-state index is 0.260. The normalized spacial score (nSPS) is 22.4. The Morgan fingerprint density at radius 3 is 2.71 bits per heavy atom. The van der Waals surface area contributed by atoms with Gasteiger partial charge in [0.05, 0.1) is 0 Å². The van der Waals surface area contributed by atoms with Gasteiger partial charge in [0.15, 0.2) is 5.82 Å². The van der Waals surface area contributed by atoms with Gasteiger partial charge in [0.2, 0.25) is 0 Å². The molecular formula is C17H22N2O2. The van der Waals surface area contributed by atoms with Crippen LogP contribution in [0.4, 0.5) is 0 Å². The number of rotatable bonds is 3. The van der Waals surface area contributed by atoms with Crippen molar-refractivity contribution < 1.29 is 9.63 Å². The summed E-state index contributed by atoms with van der Waals surface area (Å²) in [4.78, 5) is 4.57. The van der Waals surface area contributed by atoms with Gasteiger partial charge in [-0.3, -0.25) is 0 Å². The first-order chi connectivity index (χ1) is 10.2. The summed E-state index contributed by atoms with van der Waals surface area (Å²) >= 11 is 0. The lowest BCUT2D eigenvalue weighted by molar-refractivity contribution is 0.305. The van der Waals surface area contributed by atoms with Gasteiger partial charge in [-0.15, -0.1) is 0 Å². The van der Waals surface area contributed by atoms with Gasteiger partial charge in [-0.2, -0.15) is 4.98 Å². The Hall–Kier alpha value is -1.84. The second kappa shape index (κ2) is 5.88. The average molecular weight is 286 g/mol. The highest BCUT2D eigenvalue weighted by atomic mass is 16.5. The van der Waals surface area contributed by atoms with Crippen molar-refractivity contribution in [1.29, 1.82) is 0 Å². The Balaban J connectivity index is 1.79. The molecule has 1 heterocycles. The molecule has 0 bridgehead atoms. The molecule has 0 atom stereocenters. The summed E-state index contributed by atoms with van der Waals surface area (Å²) in [6.07, 6.45) is 6.09. The quantitative estimate of drug-likeness (QED) is 0.906. The van der Waals surface area contributed by atoms with Gasteiger partial charge in [-0.25, -0.2) is 0 Å². The third-order valence-corrected chi connectivity index (χ3v) is 4.77. The van der Waals surface area contributed by atoms with Gasteiger partial charge in [0.25, 0.3) is 5.89 Å². The maximum atomic E-state index is 9.78. The molecule has 4 nitrogen and oxygen atoms in total. The predicted octanol–water partition coefficient (Wildman–Crippen LogP) is 4.43. The van der Waals surface area contributed by atoms with Crippen molar-refractivity contribution in [2.45, 2.75) is 51.9 Å². The molecule has 3 rings (SSSR count). The van der Waals surface area contributed by atoms with Gasteiger partial charge >= 0.3 is 0 Å². The Kier molecular flexibility index (Phi) is 3.95. The van der Waals surface area contributed by atoms with Crippen LogP contribution >= 0.6 is 0 Å². The minimum Gasteiger partial charge on any atom is -0.508 e. The maximum Gasteiger partial charge on any atom is 0.258 e. The molecule has 1 N–H and O–H groups in total. The van der Waals surface area contributed by atoms with E-state index in [2.05, 4.69) is 17.1 Å². The van der Waals surface area contributed by atoms with Crippen LogP contribution in [0.2, 0.25) is 0 Å². The van der Waals surface area contributed by atoms with Crippen LogP contribution in [-0.2, 0) is 0 Å². The third-order valence-electron chi connectivity index (χ3n) is 4.77. The molecule has 0 unspecified atom stereocenters. The van der Waals surface area contributed by atoms with E-state index in [1.54, 1.807) is 12.1 Å². The summed E-state index contributed by atoms with van der Waals surface area (Å²) in [5.41, 5.74) is 1.60. The average Bonchev–Trinajstić information content (AvgIpc) is 3.00. The zero-order valence-electron chi connectivity index (χ0n) is 12.7. The first-order valence-electron chi connectivity index (χ1n) is 7.81. The van der Waals surface area contributed by atoms with E-state index in [1.807, 2.05) is 13.0 Å². The monoisotopic (exact) mass is 286 g/mol. The molecule has 1 saturated carbocycles. The number of phenols is 1. The molecule has 21 heavy (non-hydrogen) atoms. The van der Waals surface area contributed by atoms with Gasteiger partial charge < -0.3 is 9.63 Å².